The molecule has 18 heavy (non-hydrogen) atoms. The van der Waals surface area contributed by atoms with E-state index in [9.17, 15) is 4.79 Å². The van der Waals surface area contributed by atoms with Gasteiger partial charge in [-0.25, -0.2) is 9.97 Å². The molecule has 0 bridgehead atoms. The number of carbonyl (C=O) groups is 1. The van der Waals surface area contributed by atoms with E-state index in [0.717, 1.165) is 24.2 Å². The molecule has 100 valence electrons. The predicted octanol–water partition coefficient (Wildman–Crippen LogP) is 2.21. The van der Waals surface area contributed by atoms with E-state index < -0.39 is 5.97 Å². The topological polar surface area (TPSA) is 72.3 Å². The van der Waals surface area contributed by atoms with Gasteiger partial charge in [0.25, 0.3) is 0 Å². The number of hydrogen-bond acceptors (Lipinski definition) is 4. The number of rotatable bonds is 6. The van der Waals surface area contributed by atoms with E-state index in [2.05, 4.69) is 16.9 Å². The van der Waals surface area contributed by atoms with Crippen molar-refractivity contribution in [3.8, 4) is 0 Å². The molecule has 0 spiro atoms. The maximum absolute atomic E-state index is 10.8. The maximum atomic E-state index is 10.8. The quantitative estimate of drug-likeness (QED) is 0.840. The summed E-state index contributed by atoms with van der Waals surface area (Å²) in [6.07, 6.45) is 1.68. The number of methoxy groups -OCH3 is 1. The van der Waals surface area contributed by atoms with Gasteiger partial charge < -0.3 is 9.84 Å². The first-order valence-corrected chi connectivity index (χ1v) is 6.08. The van der Waals surface area contributed by atoms with E-state index in [1.807, 2.05) is 13.8 Å². The fraction of sp³-hybridized carbons (Fsp3) is 0.615. The van der Waals surface area contributed by atoms with Crippen molar-refractivity contribution in [3.63, 3.8) is 0 Å². The van der Waals surface area contributed by atoms with Gasteiger partial charge in [-0.3, -0.25) is 4.79 Å². The highest BCUT2D eigenvalue weighted by molar-refractivity contribution is 5.70. The van der Waals surface area contributed by atoms with Crippen LogP contribution in [0.2, 0.25) is 0 Å². The lowest BCUT2D eigenvalue weighted by Crippen LogP contribution is -2.13. The molecule has 0 aromatic carbocycles. The summed E-state index contributed by atoms with van der Waals surface area (Å²) in [6, 6.07) is 0. The molecule has 1 atom stereocenters. The lowest BCUT2D eigenvalue weighted by atomic mass is 10.1. The molecule has 0 fully saturated rings. The first-order chi connectivity index (χ1) is 8.49. The van der Waals surface area contributed by atoms with Crippen LogP contribution in [0.5, 0.6) is 0 Å². The molecule has 0 saturated carbocycles. The second-order valence-electron chi connectivity index (χ2n) is 4.31. The Bertz CT molecular complexity index is 409. The monoisotopic (exact) mass is 252 g/mol. The van der Waals surface area contributed by atoms with E-state index in [-0.39, 0.29) is 12.5 Å². The average Bonchev–Trinajstić information content (AvgIpc) is 2.30. The highest BCUT2D eigenvalue weighted by Gasteiger charge is 2.17. The van der Waals surface area contributed by atoms with Crippen molar-refractivity contribution in [1.82, 2.24) is 9.97 Å². The molecule has 1 rings (SSSR count). The molecule has 1 aromatic rings. The standard InChI is InChI=1S/C13H20N2O3/c1-5-6-11(18-4)13-14-8(2)10(7-12(16)17)9(3)15-13/h11H,5-7H2,1-4H3,(H,16,17). The van der Waals surface area contributed by atoms with Crippen LogP contribution in [0.3, 0.4) is 0 Å². The Morgan fingerprint density at radius 2 is 1.89 bits per heavy atom. The van der Waals surface area contributed by atoms with Crippen molar-refractivity contribution in [2.24, 2.45) is 0 Å². The van der Waals surface area contributed by atoms with Crippen molar-refractivity contribution in [2.75, 3.05) is 7.11 Å². The predicted molar refractivity (Wildman–Crippen MR) is 67.5 cm³/mol. The molecule has 0 aliphatic carbocycles. The summed E-state index contributed by atoms with van der Waals surface area (Å²) in [6.45, 7) is 5.70. The number of hydrogen-bond donors (Lipinski definition) is 1. The lowest BCUT2D eigenvalue weighted by Gasteiger charge is -2.16. The molecular formula is C13H20N2O3. The summed E-state index contributed by atoms with van der Waals surface area (Å²) in [5, 5.41) is 8.84. The third kappa shape index (κ3) is 3.50. The van der Waals surface area contributed by atoms with Crippen molar-refractivity contribution >= 4 is 5.97 Å². The lowest BCUT2D eigenvalue weighted by molar-refractivity contribution is -0.136. The number of aliphatic carboxylic acids is 1. The van der Waals surface area contributed by atoms with Crippen LogP contribution in [0.25, 0.3) is 0 Å². The number of aryl methyl sites for hydroxylation is 2. The Kier molecular flexibility index (Phi) is 5.22. The van der Waals surface area contributed by atoms with Crippen LogP contribution < -0.4 is 0 Å². The Hall–Kier alpha value is -1.49. The molecule has 0 amide bonds. The van der Waals surface area contributed by atoms with E-state index >= 15 is 0 Å². The minimum absolute atomic E-state index is 0.0383. The zero-order valence-electron chi connectivity index (χ0n) is 11.4. The van der Waals surface area contributed by atoms with Gasteiger partial charge in [0.15, 0.2) is 5.82 Å². The highest BCUT2D eigenvalue weighted by atomic mass is 16.5. The van der Waals surface area contributed by atoms with Gasteiger partial charge in [-0.05, 0) is 20.3 Å². The first-order valence-electron chi connectivity index (χ1n) is 6.08. The first kappa shape index (κ1) is 14.6. The van der Waals surface area contributed by atoms with Gasteiger partial charge in [-0.2, -0.15) is 0 Å². The summed E-state index contributed by atoms with van der Waals surface area (Å²) in [4.78, 5) is 19.5. The van der Waals surface area contributed by atoms with Crippen LogP contribution in [0.1, 0.15) is 48.6 Å². The summed E-state index contributed by atoms with van der Waals surface area (Å²) in [7, 11) is 1.64. The van der Waals surface area contributed by atoms with E-state index in [0.29, 0.717) is 11.4 Å². The second kappa shape index (κ2) is 6.44. The normalized spacial score (nSPS) is 12.4. The van der Waals surface area contributed by atoms with Crippen LogP contribution in [0.4, 0.5) is 0 Å². The van der Waals surface area contributed by atoms with E-state index in [1.165, 1.54) is 0 Å². The van der Waals surface area contributed by atoms with E-state index in [1.54, 1.807) is 7.11 Å². The van der Waals surface area contributed by atoms with Gasteiger partial charge in [-0.15, -0.1) is 0 Å². The number of ether oxygens (including phenoxy) is 1. The molecule has 1 aromatic heterocycles. The fourth-order valence-corrected chi connectivity index (χ4v) is 1.93. The van der Waals surface area contributed by atoms with Crippen molar-refractivity contribution in [2.45, 2.75) is 46.1 Å². The van der Waals surface area contributed by atoms with Crippen LogP contribution >= 0.6 is 0 Å². The van der Waals surface area contributed by atoms with Gasteiger partial charge in [0.2, 0.25) is 0 Å². The molecule has 0 saturated heterocycles. The van der Waals surface area contributed by atoms with Crippen molar-refractivity contribution in [1.29, 1.82) is 0 Å². The molecule has 0 aliphatic rings. The number of carboxylic acids is 1. The van der Waals surface area contributed by atoms with Crippen LogP contribution in [0.15, 0.2) is 0 Å². The summed E-state index contributed by atoms with van der Waals surface area (Å²) < 4.78 is 5.37. The van der Waals surface area contributed by atoms with Gasteiger partial charge in [0.05, 0.1) is 6.42 Å². The number of carboxylic acid groups (broad SMARTS) is 1. The minimum atomic E-state index is -0.866. The Labute approximate surface area is 107 Å². The molecular weight excluding hydrogens is 232 g/mol. The van der Waals surface area contributed by atoms with Crippen LogP contribution in [-0.4, -0.2) is 28.2 Å². The summed E-state index contributed by atoms with van der Waals surface area (Å²) >= 11 is 0. The molecule has 5 heteroatoms. The smallest absolute Gasteiger partial charge is 0.307 e. The van der Waals surface area contributed by atoms with E-state index in [4.69, 9.17) is 9.84 Å². The second-order valence-corrected chi connectivity index (χ2v) is 4.31. The Morgan fingerprint density at radius 1 is 1.33 bits per heavy atom. The number of nitrogens with zero attached hydrogens (tertiary/aromatic N) is 2. The SMILES string of the molecule is CCCC(OC)c1nc(C)c(CC(=O)O)c(C)n1. The fourth-order valence-electron chi connectivity index (χ4n) is 1.93. The molecule has 0 radical (unpaired) electrons. The van der Waals surface area contributed by atoms with Gasteiger partial charge in [-0.1, -0.05) is 13.3 Å². The third-order valence-electron chi connectivity index (χ3n) is 2.89. The molecule has 0 aliphatic heterocycles. The molecule has 5 nitrogen and oxygen atoms in total. The van der Waals surface area contributed by atoms with Gasteiger partial charge >= 0.3 is 5.97 Å². The van der Waals surface area contributed by atoms with Crippen molar-refractivity contribution < 1.29 is 14.6 Å². The zero-order valence-corrected chi connectivity index (χ0v) is 11.4. The molecule has 1 unspecified atom stereocenters. The van der Waals surface area contributed by atoms with Gasteiger partial charge in [0.1, 0.15) is 6.10 Å². The maximum Gasteiger partial charge on any atom is 0.307 e. The highest BCUT2D eigenvalue weighted by Crippen LogP contribution is 2.21. The molecule has 1 N–H and O–H groups in total. The Balaban J connectivity index is 3.08. The summed E-state index contributed by atoms with van der Waals surface area (Å²) in [5.74, 6) is -0.224. The Morgan fingerprint density at radius 3 is 2.28 bits per heavy atom. The van der Waals surface area contributed by atoms with Crippen LogP contribution in [0, 0.1) is 13.8 Å². The third-order valence-corrected chi connectivity index (χ3v) is 2.89. The largest absolute Gasteiger partial charge is 0.481 e. The zero-order chi connectivity index (χ0) is 13.7. The van der Waals surface area contributed by atoms with Crippen molar-refractivity contribution in [3.05, 3.63) is 22.8 Å². The average molecular weight is 252 g/mol. The molecule has 1 heterocycles. The number of aromatic nitrogens is 2. The van der Waals surface area contributed by atoms with Crippen LogP contribution in [-0.2, 0) is 16.0 Å². The minimum Gasteiger partial charge on any atom is -0.481 e. The van der Waals surface area contributed by atoms with Gasteiger partial charge in [0, 0.05) is 24.1 Å². The summed E-state index contributed by atoms with van der Waals surface area (Å²) in [5.41, 5.74) is 2.13.